The molecule has 216 valence electrons. The maximum atomic E-state index is 15.6. The lowest BCUT2D eigenvalue weighted by Gasteiger charge is -2.23. The van der Waals surface area contributed by atoms with Crippen LogP contribution < -0.4 is 10.0 Å². The second-order valence-corrected chi connectivity index (χ2v) is 11.4. The maximum Gasteiger partial charge on any atom is 0.264 e. The zero-order valence-corrected chi connectivity index (χ0v) is 23.1. The van der Waals surface area contributed by atoms with Crippen LogP contribution >= 0.6 is 11.6 Å². The van der Waals surface area contributed by atoms with Crippen molar-refractivity contribution in [2.24, 2.45) is 0 Å². The summed E-state index contributed by atoms with van der Waals surface area (Å²) in [4.78, 5) is 16.7. The first-order chi connectivity index (χ1) is 20.2. The molecule has 42 heavy (non-hydrogen) atoms. The molecule has 5 aromatic rings. The summed E-state index contributed by atoms with van der Waals surface area (Å²) in [7, 11) is -4.60. The predicted octanol–water partition coefficient (Wildman–Crippen LogP) is 6.20. The van der Waals surface area contributed by atoms with E-state index in [9.17, 15) is 17.2 Å². The molecule has 0 radical (unpaired) electrons. The van der Waals surface area contributed by atoms with Gasteiger partial charge in [0.25, 0.3) is 10.0 Å². The third-order valence-corrected chi connectivity index (χ3v) is 8.28. The van der Waals surface area contributed by atoms with Crippen LogP contribution in [-0.2, 0) is 14.8 Å². The van der Waals surface area contributed by atoms with Crippen LogP contribution in [0.4, 0.5) is 30.4 Å². The van der Waals surface area contributed by atoms with E-state index < -0.39 is 43.7 Å². The molecular weight excluding hydrogens is 595 g/mol. The molecule has 1 saturated heterocycles. The second kappa shape index (κ2) is 11.2. The number of imidazole rings is 1. The SMILES string of the molecule is O=S(=O)(Nc1ccc(F)c(Nc2ncccc2-c2ncnc3c2ncn3C2CCCCO2)c1F)c1ccc(Cl)cc1F. The molecule has 10 nitrogen and oxygen atoms in total. The number of anilines is 3. The number of sulfonamides is 1. The lowest BCUT2D eigenvalue weighted by atomic mass is 10.1. The molecular formula is C27H21ClF3N7O3S. The standard InChI is InChI=1S/C27H21ClF3N7O3S/c28-15-6-9-20(18(30)12-15)42(39,40)37-19-8-7-17(29)24(22(19)31)36-26-16(4-3-10-32-26)23-25-27(34-13-33-23)38(14-35-25)21-5-1-2-11-41-21/h3-4,6-10,12-14,21,37H,1-2,5,11H2,(H,32,36). The number of halogens is 4. The van der Waals surface area contributed by atoms with E-state index >= 15 is 4.39 Å². The van der Waals surface area contributed by atoms with Crippen molar-refractivity contribution >= 4 is 50.0 Å². The van der Waals surface area contributed by atoms with Crippen LogP contribution in [0.5, 0.6) is 0 Å². The van der Waals surface area contributed by atoms with Crippen molar-refractivity contribution in [3.05, 3.63) is 83.8 Å². The number of rotatable bonds is 7. The first-order valence-electron chi connectivity index (χ1n) is 12.7. The minimum atomic E-state index is -4.60. The van der Waals surface area contributed by atoms with Crippen molar-refractivity contribution in [1.29, 1.82) is 0 Å². The van der Waals surface area contributed by atoms with Crippen molar-refractivity contribution in [2.45, 2.75) is 30.4 Å². The van der Waals surface area contributed by atoms with Crippen molar-refractivity contribution in [3.63, 3.8) is 0 Å². The molecule has 0 amide bonds. The molecule has 0 spiro atoms. The van der Waals surface area contributed by atoms with Gasteiger partial charge in [0.1, 0.15) is 51.8 Å². The summed E-state index contributed by atoms with van der Waals surface area (Å²) in [6.45, 7) is 0.625. The van der Waals surface area contributed by atoms with Gasteiger partial charge in [-0.05, 0) is 61.7 Å². The zero-order chi connectivity index (χ0) is 29.4. The number of pyridine rings is 1. The van der Waals surface area contributed by atoms with Gasteiger partial charge < -0.3 is 10.1 Å². The van der Waals surface area contributed by atoms with Crippen LogP contribution in [0.15, 0.2) is 66.2 Å². The number of fused-ring (bicyclic) bond motifs is 1. The number of hydrogen-bond donors (Lipinski definition) is 2. The Bertz CT molecular complexity index is 1920. The van der Waals surface area contributed by atoms with E-state index in [1.807, 2.05) is 9.29 Å². The van der Waals surface area contributed by atoms with E-state index in [0.717, 1.165) is 43.5 Å². The normalized spacial score (nSPS) is 15.6. The van der Waals surface area contributed by atoms with E-state index in [-0.39, 0.29) is 17.1 Å². The minimum absolute atomic E-state index is 0.0162. The fourth-order valence-electron chi connectivity index (χ4n) is 4.66. The molecule has 1 unspecified atom stereocenters. The summed E-state index contributed by atoms with van der Waals surface area (Å²) in [6, 6.07) is 7.91. The summed E-state index contributed by atoms with van der Waals surface area (Å²) in [5.74, 6) is -3.43. The van der Waals surface area contributed by atoms with Gasteiger partial charge in [0.2, 0.25) is 0 Å². The number of aromatic nitrogens is 5. The lowest BCUT2D eigenvalue weighted by Crippen LogP contribution is -2.17. The molecule has 1 atom stereocenters. The molecule has 2 aromatic carbocycles. The Balaban J connectivity index is 1.36. The van der Waals surface area contributed by atoms with Crippen LogP contribution in [0.25, 0.3) is 22.4 Å². The lowest BCUT2D eigenvalue weighted by molar-refractivity contribution is -0.0298. The third-order valence-electron chi connectivity index (χ3n) is 6.65. The quantitative estimate of drug-likeness (QED) is 0.222. The molecule has 4 heterocycles. The van der Waals surface area contributed by atoms with Gasteiger partial charge in [-0.15, -0.1) is 0 Å². The topological polar surface area (TPSA) is 124 Å². The van der Waals surface area contributed by atoms with Gasteiger partial charge in [-0.1, -0.05) is 11.6 Å². The average molecular weight is 616 g/mol. The van der Waals surface area contributed by atoms with E-state index in [1.54, 1.807) is 18.5 Å². The highest BCUT2D eigenvalue weighted by atomic mass is 35.5. The first-order valence-corrected chi connectivity index (χ1v) is 14.6. The largest absolute Gasteiger partial charge is 0.358 e. The summed E-state index contributed by atoms with van der Waals surface area (Å²) in [5, 5.41) is 2.60. The summed E-state index contributed by atoms with van der Waals surface area (Å²) < 4.78 is 80.1. The first kappa shape index (κ1) is 27.9. The maximum absolute atomic E-state index is 15.6. The van der Waals surface area contributed by atoms with Gasteiger partial charge in [-0.25, -0.2) is 41.5 Å². The number of benzene rings is 2. The fraction of sp³-hybridized carbons (Fsp3) is 0.185. The number of hydrogen-bond acceptors (Lipinski definition) is 8. The zero-order valence-electron chi connectivity index (χ0n) is 21.6. The number of ether oxygens (including phenoxy) is 1. The predicted molar refractivity (Wildman–Crippen MR) is 149 cm³/mol. The smallest absolute Gasteiger partial charge is 0.264 e. The monoisotopic (exact) mass is 615 g/mol. The molecule has 0 bridgehead atoms. The van der Waals surface area contributed by atoms with Crippen molar-refractivity contribution in [2.75, 3.05) is 16.6 Å². The van der Waals surface area contributed by atoms with E-state index in [0.29, 0.717) is 29.0 Å². The fourth-order valence-corrected chi connectivity index (χ4v) is 5.93. The highest BCUT2D eigenvalue weighted by Gasteiger charge is 2.25. The van der Waals surface area contributed by atoms with Crippen molar-refractivity contribution in [3.8, 4) is 11.3 Å². The van der Waals surface area contributed by atoms with Crippen LogP contribution in [0, 0.1) is 17.5 Å². The van der Waals surface area contributed by atoms with E-state index in [2.05, 4.69) is 25.3 Å². The van der Waals surface area contributed by atoms with E-state index in [4.69, 9.17) is 16.3 Å². The van der Waals surface area contributed by atoms with Crippen LogP contribution in [0.3, 0.4) is 0 Å². The Morgan fingerprint density at radius 1 is 1.00 bits per heavy atom. The number of nitrogens with zero attached hydrogens (tertiary/aromatic N) is 5. The van der Waals surface area contributed by atoms with Gasteiger partial charge in [-0.2, -0.15) is 0 Å². The van der Waals surface area contributed by atoms with Gasteiger partial charge in [-0.3, -0.25) is 9.29 Å². The van der Waals surface area contributed by atoms with Crippen LogP contribution in [-0.4, -0.2) is 39.5 Å². The van der Waals surface area contributed by atoms with Crippen LogP contribution in [0.2, 0.25) is 5.02 Å². The van der Waals surface area contributed by atoms with Gasteiger partial charge in [0, 0.05) is 23.4 Å². The summed E-state index contributed by atoms with van der Waals surface area (Å²) >= 11 is 5.70. The van der Waals surface area contributed by atoms with E-state index in [1.165, 1.54) is 18.6 Å². The Kier molecular flexibility index (Phi) is 7.43. The third kappa shape index (κ3) is 5.24. The molecule has 6 rings (SSSR count). The van der Waals surface area contributed by atoms with Crippen molar-refractivity contribution in [1.82, 2.24) is 24.5 Å². The highest BCUT2D eigenvalue weighted by Crippen LogP contribution is 2.36. The molecule has 1 aliphatic rings. The molecule has 0 saturated carbocycles. The molecule has 0 aliphatic carbocycles. The Labute approximate surface area is 242 Å². The molecule has 1 fully saturated rings. The van der Waals surface area contributed by atoms with Gasteiger partial charge in [0.05, 0.1) is 12.0 Å². The molecule has 1 aliphatic heterocycles. The Morgan fingerprint density at radius 2 is 1.86 bits per heavy atom. The molecule has 3 aromatic heterocycles. The number of nitrogens with one attached hydrogen (secondary N) is 2. The van der Waals surface area contributed by atoms with Gasteiger partial charge >= 0.3 is 0 Å². The Hall–Kier alpha value is -4.27. The van der Waals surface area contributed by atoms with Crippen LogP contribution in [0.1, 0.15) is 25.5 Å². The Morgan fingerprint density at radius 3 is 2.64 bits per heavy atom. The summed E-state index contributed by atoms with van der Waals surface area (Å²) in [5.41, 5.74) is 0.327. The minimum Gasteiger partial charge on any atom is -0.358 e. The average Bonchev–Trinajstić information content (AvgIpc) is 3.42. The molecule has 15 heteroatoms. The second-order valence-electron chi connectivity index (χ2n) is 9.36. The van der Waals surface area contributed by atoms with Crippen molar-refractivity contribution < 1.29 is 26.3 Å². The summed E-state index contributed by atoms with van der Waals surface area (Å²) in [6.07, 6.45) is 6.91. The molecule has 2 N–H and O–H groups in total. The highest BCUT2D eigenvalue weighted by molar-refractivity contribution is 7.92. The van der Waals surface area contributed by atoms with Gasteiger partial charge in [0.15, 0.2) is 11.5 Å².